The van der Waals surface area contributed by atoms with Crippen molar-refractivity contribution in [3.63, 3.8) is 0 Å². The third-order valence-electron chi connectivity index (χ3n) is 4.64. The molecule has 1 aliphatic rings. The number of hydrogen-bond donors (Lipinski definition) is 3. The molecule has 0 spiro atoms. The molecule has 29 heavy (non-hydrogen) atoms. The van der Waals surface area contributed by atoms with Gasteiger partial charge in [-0.3, -0.25) is 4.79 Å². The molecule has 0 aromatic heterocycles. The second-order valence-electron chi connectivity index (χ2n) is 6.51. The van der Waals surface area contributed by atoms with Gasteiger partial charge in [-0.05, 0) is 61.7 Å². The molecule has 2 aromatic carbocycles. The van der Waals surface area contributed by atoms with Crippen LogP contribution in [0.5, 0.6) is 11.5 Å². The van der Waals surface area contributed by atoms with E-state index >= 15 is 0 Å². The van der Waals surface area contributed by atoms with Gasteiger partial charge in [-0.25, -0.2) is 0 Å². The van der Waals surface area contributed by atoms with Gasteiger partial charge in [-0.15, -0.1) is 0 Å². The van der Waals surface area contributed by atoms with Gasteiger partial charge in [0, 0.05) is 36.1 Å². The molecule has 8 heteroatoms. The van der Waals surface area contributed by atoms with Gasteiger partial charge < -0.3 is 30.3 Å². The van der Waals surface area contributed by atoms with E-state index in [1.807, 2.05) is 30.3 Å². The zero-order chi connectivity index (χ0) is 20.6. The quantitative estimate of drug-likeness (QED) is 0.572. The number of nitrogens with one attached hydrogen (secondary N) is 3. The van der Waals surface area contributed by atoms with Gasteiger partial charge in [-0.1, -0.05) is 13.8 Å². The van der Waals surface area contributed by atoms with E-state index in [9.17, 15) is 4.79 Å². The van der Waals surface area contributed by atoms with Crippen LogP contribution < -0.4 is 25.4 Å². The number of fused-ring (bicyclic) bond motifs is 1. The molecule has 0 fully saturated rings. The first-order valence-electron chi connectivity index (χ1n) is 9.67. The van der Waals surface area contributed by atoms with Crippen molar-refractivity contribution in [2.75, 3.05) is 43.6 Å². The Morgan fingerprint density at radius 1 is 1.00 bits per heavy atom. The van der Waals surface area contributed by atoms with E-state index in [0.717, 1.165) is 36.8 Å². The summed E-state index contributed by atoms with van der Waals surface area (Å²) in [5.41, 5.74) is 2.21. The highest BCUT2D eigenvalue weighted by Crippen LogP contribution is 2.34. The molecule has 1 aliphatic heterocycles. The molecule has 3 N–H and O–H groups in total. The van der Waals surface area contributed by atoms with Gasteiger partial charge in [0.1, 0.15) is 0 Å². The van der Waals surface area contributed by atoms with Crippen molar-refractivity contribution in [1.82, 2.24) is 10.2 Å². The Balaban J connectivity index is 1.48. The van der Waals surface area contributed by atoms with E-state index < -0.39 is 0 Å². The molecule has 0 unspecified atom stereocenters. The number of thiocarbonyl (C=S) groups is 1. The molecule has 154 valence electrons. The van der Waals surface area contributed by atoms with E-state index in [2.05, 4.69) is 34.7 Å². The van der Waals surface area contributed by atoms with Crippen molar-refractivity contribution < 1.29 is 14.3 Å². The summed E-state index contributed by atoms with van der Waals surface area (Å²) in [6.07, 6.45) is 0. The summed E-state index contributed by atoms with van der Waals surface area (Å²) in [4.78, 5) is 14.5. The highest BCUT2D eigenvalue weighted by Gasteiger charge is 2.13. The van der Waals surface area contributed by atoms with Crippen LogP contribution in [0.25, 0.3) is 0 Å². The summed E-state index contributed by atoms with van der Waals surface area (Å²) in [6, 6.07) is 12.7. The van der Waals surface area contributed by atoms with Gasteiger partial charge in [-0.2, -0.15) is 0 Å². The molecular weight excluding hydrogens is 388 g/mol. The van der Waals surface area contributed by atoms with Gasteiger partial charge in [0.25, 0.3) is 5.91 Å². The number of rotatable bonds is 8. The van der Waals surface area contributed by atoms with Gasteiger partial charge in [0.2, 0.25) is 6.79 Å². The van der Waals surface area contributed by atoms with Crippen molar-refractivity contribution in [1.29, 1.82) is 0 Å². The molecule has 7 nitrogen and oxygen atoms in total. The van der Waals surface area contributed by atoms with Crippen molar-refractivity contribution in [2.45, 2.75) is 13.8 Å². The lowest BCUT2D eigenvalue weighted by Gasteiger charge is -2.18. The molecule has 1 amide bonds. The van der Waals surface area contributed by atoms with E-state index in [1.54, 1.807) is 12.1 Å². The van der Waals surface area contributed by atoms with E-state index in [-0.39, 0.29) is 12.7 Å². The minimum absolute atomic E-state index is 0.0789. The van der Waals surface area contributed by atoms with Crippen LogP contribution in [0.2, 0.25) is 0 Å². The zero-order valence-electron chi connectivity index (χ0n) is 16.7. The summed E-state index contributed by atoms with van der Waals surface area (Å²) in [7, 11) is 0. The zero-order valence-corrected chi connectivity index (χ0v) is 17.5. The molecule has 2 aromatic rings. The van der Waals surface area contributed by atoms with E-state index in [4.69, 9.17) is 21.7 Å². The average Bonchev–Trinajstić information content (AvgIpc) is 3.19. The number of amides is 1. The molecule has 0 aliphatic carbocycles. The fourth-order valence-electron chi connectivity index (χ4n) is 2.94. The third kappa shape index (κ3) is 5.82. The predicted octanol–water partition coefficient (Wildman–Crippen LogP) is 3.30. The van der Waals surface area contributed by atoms with Crippen molar-refractivity contribution in [3.8, 4) is 11.5 Å². The molecular formula is C21H26N4O3S. The minimum atomic E-state index is -0.0789. The number of ether oxygens (including phenoxy) is 2. The SMILES string of the molecule is CCN(CC)CCNC(=O)c1ccc(NC(=S)Nc2ccc3c(c2)OCO3)cc1. The van der Waals surface area contributed by atoms with Crippen LogP contribution in [0.4, 0.5) is 11.4 Å². The lowest BCUT2D eigenvalue weighted by Crippen LogP contribution is -2.34. The Kier molecular flexibility index (Phi) is 7.26. The van der Waals surface area contributed by atoms with Crippen molar-refractivity contribution in [2.24, 2.45) is 0 Å². The lowest BCUT2D eigenvalue weighted by atomic mass is 10.2. The number of carbonyl (C=O) groups is 1. The second-order valence-corrected chi connectivity index (χ2v) is 6.92. The first-order chi connectivity index (χ1) is 14.1. The predicted molar refractivity (Wildman–Crippen MR) is 119 cm³/mol. The van der Waals surface area contributed by atoms with Gasteiger partial charge in [0.15, 0.2) is 16.6 Å². The Morgan fingerprint density at radius 2 is 1.66 bits per heavy atom. The summed E-state index contributed by atoms with van der Waals surface area (Å²) < 4.78 is 10.7. The number of likely N-dealkylation sites (N-methyl/N-ethyl adjacent to an activating group) is 1. The Hall–Kier alpha value is -2.84. The number of carbonyl (C=O) groups excluding carboxylic acids is 1. The van der Waals surface area contributed by atoms with Crippen LogP contribution in [0.15, 0.2) is 42.5 Å². The lowest BCUT2D eigenvalue weighted by molar-refractivity contribution is 0.0949. The Labute approximate surface area is 176 Å². The second kappa shape index (κ2) is 10.1. The minimum Gasteiger partial charge on any atom is -0.454 e. The Morgan fingerprint density at radius 3 is 2.38 bits per heavy atom. The van der Waals surface area contributed by atoms with E-state index in [1.165, 1.54) is 0 Å². The molecule has 0 bridgehead atoms. The monoisotopic (exact) mass is 414 g/mol. The van der Waals surface area contributed by atoms with Crippen molar-refractivity contribution >= 4 is 34.6 Å². The van der Waals surface area contributed by atoms with Crippen molar-refractivity contribution in [3.05, 3.63) is 48.0 Å². The van der Waals surface area contributed by atoms with Crippen LogP contribution >= 0.6 is 12.2 Å². The summed E-state index contributed by atoms with van der Waals surface area (Å²) >= 11 is 5.36. The topological polar surface area (TPSA) is 74.9 Å². The van der Waals surface area contributed by atoms with Crippen LogP contribution in [-0.4, -0.2) is 48.9 Å². The summed E-state index contributed by atoms with van der Waals surface area (Å²) in [5, 5.41) is 9.61. The number of hydrogen-bond acceptors (Lipinski definition) is 5. The highest BCUT2D eigenvalue weighted by molar-refractivity contribution is 7.80. The molecule has 0 saturated heterocycles. The van der Waals surface area contributed by atoms with Gasteiger partial charge in [0.05, 0.1) is 0 Å². The first-order valence-corrected chi connectivity index (χ1v) is 10.1. The maximum Gasteiger partial charge on any atom is 0.251 e. The summed E-state index contributed by atoms with van der Waals surface area (Å²) in [6.45, 7) is 7.89. The fourth-order valence-corrected chi connectivity index (χ4v) is 3.18. The molecule has 0 atom stereocenters. The molecule has 0 radical (unpaired) electrons. The maximum absolute atomic E-state index is 12.3. The fraction of sp³-hybridized carbons (Fsp3) is 0.333. The molecule has 0 saturated carbocycles. The van der Waals surface area contributed by atoms with Crippen LogP contribution in [-0.2, 0) is 0 Å². The van der Waals surface area contributed by atoms with Crippen LogP contribution in [0.3, 0.4) is 0 Å². The van der Waals surface area contributed by atoms with Crippen LogP contribution in [0.1, 0.15) is 24.2 Å². The smallest absolute Gasteiger partial charge is 0.251 e. The van der Waals surface area contributed by atoms with Gasteiger partial charge >= 0.3 is 0 Å². The standard InChI is InChI=1S/C21H26N4O3S/c1-3-25(4-2)12-11-22-20(26)15-5-7-16(8-6-15)23-21(29)24-17-9-10-18-19(13-17)28-14-27-18/h5-10,13H,3-4,11-12,14H2,1-2H3,(H,22,26)(H2,23,24,29). The highest BCUT2D eigenvalue weighted by atomic mass is 32.1. The third-order valence-corrected chi connectivity index (χ3v) is 4.85. The Bertz CT molecular complexity index is 854. The molecule has 1 heterocycles. The number of benzene rings is 2. The van der Waals surface area contributed by atoms with Crippen LogP contribution in [0, 0.1) is 0 Å². The average molecular weight is 415 g/mol. The van der Waals surface area contributed by atoms with E-state index in [0.29, 0.717) is 23.0 Å². The first kappa shape index (κ1) is 20.9. The number of nitrogens with zero attached hydrogens (tertiary/aromatic N) is 1. The number of anilines is 2. The maximum atomic E-state index is 12.3. The largest absolute Gasteiger partial charge is 0.454 e. The summed E-state index contributed by atoms with van der Waals surface area (Å²) in [5.74, 6) is 1.33. The molecule has 3 rings (SSSR count). The normalized spacial score (nSPS) is 12.0.